The maximum absolute atomic E-state index is 12.6. The molecule has 1 N–H and O–H groups in total. The Hall–Kier alpha value is -1.91. The van der Waals surface area contributed by atoms with Gasteiger partial charge in [-0.15, -0.1) is 0 Å². The molecular formula is C19H24N2O2. The van der Waals surface area contributed by atoms with E-state index in [0.29, 0.717) is 13.1 Å². The molecule has 1 aliphatic heterocycles. The van der Waals surface area contributed by atoms with Crippen LogP contribution in [0.15, 0.2) is 36.4 Å². The highest BCUT2D eigenvalue weighted by atomic mass is 16.3. The SMILES string of the molecule is Cc1cc(C(=O)CN2CC[C@@H](O)C2)c(C)n1Cc1ccccc1. The number of aromatic nitrogens is 1. The van der Waals surface area contributed by atoms with Gasteiger partial charge in [0.15, 0.2) is 5.78 Å². The number of carbonyl (C=O) groups is 1. The minimum absolute atomic E-state index is 0.145. The fraction of sp³-hybridized carbons (Fsp3) is 0.421. The van der Waals surface area contributed by atoms with Gasteiger partial charge < -0.3 is 9.67 Å². The van der Waals surface area contributed by atoms with Crippen LogP contribution in [0.5, 0.6) is 0 Å². The lowest BCUT2D eigenvalue weighted by Crippen LogP contribution is -2.28. The van der Waals surface area contributed by atoms with Crippen LogP contribution in [0.25, 0.3) is 0 Å². The van der Waals surface area contributed by atoms with Crippen molar-refractivity contribution in [3.63, 3.8) is 0 Å². The average Bonchev–Trinajstić information content (AvgIpc) is 3.06. The van der Waals surface area contributed by atoms with Crippen LogP contribution in [0, 0.1) is 13.8 Å². The lowest BCUT2D eigenvalue weighted by atomic mass is 10.1. The number of ketones is 1. The van der Waals surface area contributed by atoms with Gasteiger partial charge in [0.05, 0.1) is 12.6 Å². The van der Waals surface area contributed by atoms with Crippen molar-refractivity contribution in [3.8, 4) is 0 Å². The van der Waals surface area contributed by atoms with Gasteiger partial charge >= 0.3 is 0 Å². The van der Waals surface area contributed by atoms with Gasteiger partial charge in [0.2, 0.25) is 0 Å². The zero-order valence-corrected chi connectivity index (χ0v) is 13.8. The van der Waals surface area contributed by atoms with Gasteiger partial charge in [-0.25, -0.2) is 0 Å². The van der Waals surface area contributed by atoms with E-state index in [4.69, 9.17) is 0 Å². The first-order chi connectivity index (χ1) is 11.0. The van der Waals surface area contributed by atoms with Gasteiger partial charge in [-0.3, -0.25) is 9.69 Å². The number of rotatable bonds is 5. The van der Waals surface area contributed by atoms with Gasteiger partial charge in [-0.05, 0) is 31.9 Å². The summed E-state index contributed by atoms with van der Waals surface area (Å²) >= 11 is 0. The predicted octanol–water partition coefficient (Wildman–Crippen LogP) is 2.40. The first kappa shape index (κ1) is 16.0. The van der Waals surface area contributed by atoms with Gasteiger partial charge in [0, 0.05) is 36.6 Å². The normalized spacial score (nSPS) is 18.5. The molecule has 2 heterocycles. The van der Waals surface area contributed by atoms with Crippen molar-refractivity contribution in [2.75, 3.05) is 19.6 Å². The Morgan fingerprint density at radius 1 is 1.26 bits per heavy atom. The number of benzene rings is 1. The highest BCUT2D eigenvalue weighted by molar-refractivity contribution is 5.99. The average molecular weight is 312 g/mol. The smallest absolute Gasteiger partial charge is 0.178 e. The number of hydrogen-bond acceptors (Lipinski definition) is 3. The Kier molecular flexibility index (Phi) is 4.64. The zero-order chi connectivity index (χ0) is 16.4. The van der Waals surface area contributed by atoms with Crippen molar-refractivity contribution in [1.29, 1.82) is 0 Å². The molecule has 0 bridgehead atoms. The number of Topliss-reactive ketones (excluding diaryl/α,β-unsaturated/α-hetero) is 1. The van der Waals surface area contributed by atoms with Gasteiger partial charge in [0.1, 0.15) is 0 Å². The molecule has 4 nitrogen and oxygen atoms in total. The molecule has 1 saturated heterocycles. The molecule has 0 unspecified atom stereocenters. The van der Waals surface area contributed by atoms with Crippen LogP contribution in [0.3, 0.4) is 0 Å². The van der Waals surface area contributed by atoms with E-state index < -0.39 is 0 Å². The Labute approximate surface area is 137 Å². The van der Waals surface area contributed by atoms with E-state index in [1.165, 1.54) is 5.56 Å². The molecule has 1 fully saturated rings. The van der Waals surface area contributed by atoms with E-state index in [-0.39, 0.29) is 11.9 Å². The lowest BCUT2D eigenvalue weighted by Gasteiger charge is -2.14. The molecule has 0 spiro atoms. The molecule has 4 heteroatoms. The van der Waals surface area contributed by atoms with E-state index in [1.54, 1.807) is 0 Å². The monoisotopic (exact) mass is 312 g/mol. The zero-order valence-electron chi connectivity index (χ0n) is 13.8. The summed E-state index contributed by atoms with van der Waals surface area (Å²) < 4.78 is 2.20. The fourth-order valence-electron chi connectivity index (χ4n) is 3.34. The number of aliphatic hydroxyl groups is 1. The maximum Gasteiger partial charge on any atom is 0.178 e. The van der Waals surface area contributed by atoms with Crippen molar-refractivity contribution < 1.29 is 9.90 Å². The standard InChI is InChI=1S/C19H24N2O2/c1-14-10-18(19(23)13-20-9-8-17(22)12-20)15(2)21(14)11-16-6-4-3-5-7-16/h3-7,10,17,22H,8-9,11-13H2,1-2H3/t17-/m1/s1. The topological polar surface area (TPSA) is 45.5 Å². The fourth-order valence-corrected chi connectivity index (χ4v) is 3.34. The second-order valence-electron chi connectivity index (χ2n) is 6.46. The van der Waals surface area contributed by atoms with Crippen molar-refractivity contribution in [2.24, 2.45) is 0 Å². The third-order valence-corrected chi connectivity index (χ3v) is 4.67. The minimum Gasteiger partial charge on any atom is -0.392 e. The van der Waals surface area contributed by atoms with Gasteiger partial charge in [-0.2, -0.15) is 0 Å². The molecule has 1 atom stereocenters. The van der Waals surface area contributed by atoms with Crippen LogP contribution in [-0.2, 0) is 6.54 Å². The first-order valence-electron chi connectivity index (χ1n) is 8.19. The molecule has 1 aromatic heterocycles. The molecule has 0 aliphatic carbocycles. The highest BCUT2D eigenvalue weighted by Crippen LogP contribution is 2.19. The molecule has 23 heavy (non-hydrogen) atoms. The molecule has 0 saturated carbocycles. The summed E-state index contributed by atoms with van der Waals surface area (Å²) in [6, 6.07) is 12.3. The summed E-state index contributed by atoms with van der Waals surface area (Å²) in [7, 11) is 0. The molecule has 2 aromatic rings. The van der Waals surface area contributed by atoms with Crippen LogP contribution in [0.2, 0.25) is 0 Å². The van der Waals surface area contributed by atoms with E-state index >= 15 is 0 Å². The van der Waals surface area contributed by atoms with Crippen molar-refractivity contribution >= 4 is 5.78 Å². The summed E-state index contributed by atoms with van der Waals surface area (Å²) in [5.74, 6) is 0.145. The Bertz CT molecular complexity index is 691. The van der Waals surface area contributed by atoms with Crippen LogP contribution < -0.4 is 0 Å². The second kappa shape index (κ2) is 6.69. The van der Waals surface area contributed by atoms with Crippen LogP contribution in [0.4, 0.5) is 0 Å². The van der Waals surface area contributed by atoms with Gasteiger partial charge in [-0.1, -0.05) is 30.3 Å². The Morgan fingerprint density at radius 2 is 2.00 bits per heavy atom. The molecule has 0 radical (unpaired) electrons. The van der Waals surface area contributed by atoms with Crippen molar-refractivity contribution in [3.05, 3.63) is 58.9 Å². The Morgan fingerprint density at radius 3 is 2.65 bits per heavy atom. The molecule has 1 aliphatic rings. The summed E-state index contributed by atoms with van der Waals surface area (Å²) in [6.45, 7) is 6.65. The molecule has 122 valence electrons. The summed E-state index contributed by atoms with van der Waals surface area (Å²) in [6.07, 6.45) is 0.480. The second-order valence-corrected chi connectivity index (χ2v) is 6.46. The van der Waals surface area contributed by atoms with Crippen LogP contribution in [-0.4, -0.2) is 46.1 Å². The van der Waals surface area contributed by atoms with Gasteiger partial charge in [0.25, 0.3) is 0 Å². The van der Waals surface area contributed by atoms with Crippen molar-refractivity contribution in [2.45, 2.75) is 32.9 Å². The van der Waals surface area contributed by atoms with E-state index in [9.17, 15) is 9.90 Å². The Balaban J connectivity index is 1.76. The number of aryl methyl sites for hydroxylation is 1. The molecule has 3 rings (SSSR count). The lowest BCUT2D eigenvalue weighted by molar-refractivity contribution is 0.0934. The maximum atomic E-state index is 12.6. The highest BCUT2D eigenvalue weighted by Gasteiger charge is 2.24. The largest absolute Gasteiger partial charge is 0.392 e. The van der Waals surface area contributed by atoms with Crippen LogP contribution in [0.1, 0.15) is 33.7 Å². The number of hydrogen-bond donors (Lipinski definition) is 1. The van der Waals surface area contributed by atoms with E-state index in [1.807, 2.05) is 43.0 Å². The summed E-state index contributed by atoms with van der Waals surface area (Å²) in [5, 5.41) is 9.59. The quantitative estimate of drug-likeness (QED) is 0.862. The molecular weight excluding hydrogens is 288 g/mol. The first-order valence-corrected chi connectivity index (χ1v) is 8.19. The molecule has 1 aromatic carbocycles. The predicted molar refractivity (Wildman–Crippen MR) is 90.8 cm³/mol. The third-order valence-electron chi connectivity index (χ3n) is 4.67. The number of nitrogens with zero attached hydrogens (tertiary/aromatic N) is 2. The third kappa shape index (κ3) is 3.54. The molecule has 0 amide bonds. The number of β-amino-alcohol motifs (C(OH)–C–C–N with tert-alkyl or cyclic N) is 1. The number of carbonyl (C=O) groups excluding carboxylic acids is 1. The summed E-state index contributed by atoms with van der Waals surface area (Å²) in [5.41, 5.74) is 4.17. The number of likely N-dealkylation sites (tertiary alicyclic amines) is 1. The minimum atomic E-state index is -0.284. The van der Waals surface area contributed by atoms with Crippen LogP contribution >= 0.6 is 0 Å². The van der Waals surface area contributed by atoms with E-state index in [2.05, 4.69) is 16.7 Å². The van der Waals surface area contributed by atoms with Crippen molar-refractivity contribution in [1.82, 2.24) is 9.47 Å². The number of aliphatic hydroxyl groups excluding tert-OH is 1. The summed E-state index contributed by atoms with van der Waals surface area (Å²) in [4.78, 5) is 14.6. The van der Waals surface area contributed by atoms with E-state index in [0.717, 1.165) is 36.5 Å².